The first-order valence-corrected chi connectivity index (χ1v) is 11.9. The molecule has 5 rings (SSSR count). The van der Waals surface area contributed by atoms with E-state index >= 15 is 0 Å². The number of hydrogen-bond acceptors (Lipinski definition) is 7. The number of nitrogens with zero attached hydrogens (tertiary/aromatic N) is 4. The zero-order valence-corrected chi connectivity index (χ0v) is 19.5. The van der Waals surface area contributed by atoms with Crippen LogP contribution in [0.1, 0.15) is 13.8 Å². The fourth-order valence-corrected chi connectivity index (χ4v) is 4.87. The molecule has 2 aromatic heterocycles. The van der Waals surface area contributed by atoms with Crippen molar-refractivity contribution in [1.29, 1.82) is 0 Å². The van der Waals surface area contributed by atoms with Gasteiger partial charge in [0.05, 0.1) is 22.0 Å². The highest BCUT2D eigenvalue weighted by Gasteiger charge is 2.18. The number of pyridine rings is 1. The van der Waals surface area contributed by atoms with Crippen molar-refractivity contribution in [1.82, 2.24) is 9.97 Å². The molecule has 170 valence electrons. The molecule has 1 aliphatic rings. The molecule has 0 spiro atoms. The summed E-state index contributed by atoms with van der Waals surface area (Å²) in [6.45, 7) is 7.71. The molecule has 0 unspecified atom stereocenters. The SMILES string of the molecule is CC(C)Oc1ccc(F)cc1Nc1nc2cc(N3CCN(c4ccncc4)CC3)ccc2s1. The molecular formula is C25H26FN5OS. The lowest BCUT2D eigenvalue weighted by Gasteiger charge is -2.37. The summed E-state index contributed by atoms with van der Waals surface area (Å²) in [5, 5.41) is 3.96. The standard InChI is InChI=1S/C25H26FN5OS/c1-17(2)32-23-5-3-18(26)15-21(23)28-25-29-22-16-20(4-6-24(22)33-25)31-13-11-30(12-14-31)19-7-9-27-10-8-19/h3-10,15-17H,11-14H2,1-2H3,(H,28,29). The van der Waals surface area contributed by atoms with Gasteiger partial charge in [0, 0.05) is 56.0 Å². The minimum Gasteiger partial charge on any atom is -0.489 e. The van der Waals surface area contributed by atoms with Crippen LogP contribution in [0.4, 0.5) is 26.6 Å². The molecule has 0 bridgehead atoms. The predicted molar refractivity (Wildman–Crippen MR) is 134 cm³/mol. The molecule has 6 nitrogen and oxygen atoms in total. The van der Waals surface area contributed by atoms with E-state index in [2.05, 4.69) is 50.4 Å². The van der Waals surface area contributed by atoms with E-state index in [-0.39, 0.29) is 11.9 Å². The number of rotatable bonds is 6. The predicted octanol–water partition coefficient (Wildman–Crippen LogP) is 5.69. The largest absolute Gasteiger partial charge is 0.489 e. The number of benzene rings is 2. The Labute approximate surface area is 196 Å². The summed E-state index contributed by atoms with van der Waals surface area (Å²) in [5.41, 5.74) is 3.89. The summed E-state index contributed by atoms with van der Waals surface area (Å²) >= 11 is 1.55. The van der Waals surface area contributed by atoms with Gasteiger partial charge in [-0.1, -0.05) is 11.3 Å². The molecule has 0 radical (unpaired) electrons. The molecule has 0 atom stereocenters. The molecule has 1 aliphatic heterocycles. The van der Waals surface area contributed by atoms with Crippen molar-refractivity contribution in [3.05, 3.63) is 66.7 Å². The van der Waals surface area contributed by atoms with Gasteiger partial charge in [0.1, 0.15) is 11.6 Å². The van der Waals surface area contributed by atoms with Crippen LogP contribution in [0.2, 0.25) is 0 Å². The second-order valence-electron chi connectivity index (χ2n) is 8.28. The maximum atomic E-state index is 13.9. The molecule has 1 N–H and O–H groups in total. The van der Waals surface area contributed by atoms with Crippen LogP contribution in [-0.4, -0.2) is 42.3 Å². The molecule has 1 fully saturated rings. The number of aromatic nitrogens is 2. The molecule has 0 amide bonds. The van der Waals surface area contributed by atoms with Crippen molar-refractivity contribution >= 4 is 43.7 Å². The fraction of sp³-hybridized carbons (Fsp3) is 0.280. The van der Waals surface area contributed by atoms with E-state index in [0.717, 1.165) is 36.4 Å². The number of anilines is 4. The van der Waals surface area contributed by atoms with Crippen molar-refractivity contribution in [2.45, 2.75) is 20.0 Å². The number of piperazine rings is 1. The zero-order chi connectivity index (χ0) is 22.8. The highest BCUT2D eigenvalue weighted by Crippen LogP contribution is 2.35. The summed E-state index contributed by atoms with van der Waals surface area (Å²) in [6.07, 6.45) is 3.67. The number of nitrogens with one attached hydrogen (secondary N) is 1. The summed E-state index contributed by atoms with van der Waals surface area (Å²) in [4.78, 5) is 13.6. The Morgan fingerprint density at radius 2 is 1.67 bits per heavy atom. The van der Waals surface area contributed by atoms with Gasteiger partial charge >= 0.3 is 0 Å². The van der Waals surface area contributed by atoms with E-state index < -0.39 is 0 Å². The molecule has 0 aliphatic carbocycles. The van der Waals surface area contributed by atoms with Gasteiger partial charge in [-0.15, -0.1) is 0 Å². The maximum absolute atomic E-state index is 13.9. The lowest BCUT2D eigenvalue weighted by molar-refractivity contribution is 0.243. The lowest BCUT2D eigenvalue weighted by Crippen LogP contribution is -2.46. The number of ether oxygens (including phenoxy) is 1. The van der Waals surface area contributed by atoms with E-state index in [0.29, 0.717) is 16.6 Å². The van der Waals surface area contributed by atoms with Crippen molar-refractivity contribution in [2.24, 2.45) is 0 Å². The third-order valence-corrected chi connectivity index (χ3v) is 6.54. The fourth-order valence-electron chi connectivity index (χ4n) is 4.02. The van der Waals surface area contributed by atoms with E-state index in [4.69, 9.17) is 9.72 Å². The Bertz CT molecular complexity index is 1240. The van der Waals surface area contributed by atoms with Crippen molar-refractivity contribution in [3.8, 4) is 5.75 Å². The molecule has 3 heterocycles. The van der Waals surface area contributed by atoms with Gasteiger partial charge in [0.25, 0.3) is 0 Å². The second-order valence-corrected chi connectivity index (χ2v) is 9.31. The molecule has 2 aromatic carbocycles. The minimum atomic E-state index is -0.317. The Morgan fingerprint density at radius 3 is 2.39 bits per heavy atom. The third kappa shape index (κ3) is 4.85. The summed E-state index contributed by atoms with van der Waals surface area (Å²) in [7, 11) is 0. The smallest absolute Gasteiger partial charge is 0.188 e. The second kappa shape index (κ2) is 9.23. The highest BCUT2D eigenvalue weighted by molar-refractivity contribution is 7.22. The topological polar surface area (TPSA) is 53.5 Å². The molecular weight excluding hydrogens is 437 g/mol. The van der Waals surface area contributed by atoms with Crippen LogP contribution < -0.4 is 19.9 Å². The van der Waals surface area contributed by atoms with Crippen LogP contribution in [0.5, 0.6) is 5.75 Å². The maximum Gasteiger partial charge on any atom is 0.188 e. The number of halogens is 1. The van der Waals surface area contributed by atoms with Crippen molar-refractivity contribution < 1.29 is 9.13 Å². The minimum absolute atomic E-state index is 0.00652. The summed E-state index contributed by atoms with van der Waals surface area (Å²) < 4.78 is 20.8. The molecule has 4 aromatic rings. The van der Waals surface area contributed by atoms with Gasteiger partial charge < -0.3 is 19.9 Å². The van der Waals surface area contributed by atoms with Crippen LogP contribution in [0.25, 0.3) is 10.2 Å². The van der Waals surface area contributed by atoms with Gasteiger partial charge in [0.15, 0.2) is 5.13 Å². The quantitative estimate of drug-likeness (QED) is 0.397. The Morgan fingerprint density at radius 1 is 0.939 bits per heavy atom. The van der Waals surface area contributed by atoms with Gasteiger partial charge in [-0.05, 0) is 56.3 Å². The zero-order valence-electron chi connectivity index (χ0n) is 18.7. The Balaban J connectivity index is 1.31. The molecule has 33 heavy (non-hydrogen) atoms. The van der Waals surface area contributed by atoms with Crippen LogP contribution in [0, 0.1) is 5.82 Å². The number of thiazole rings is 1. The Hall–Kier alpha value is -3.39. The van der Waals surface area contributed by atoms with Crippen molar-refractivity contribution in [2.75, 3.05) is 41.3 Å². The lowest BCUT2D eigenvalue weighted by atomic mass is 10.2. The van der Waals surface area contributed by atoms with E-state index in [1.165, 1.54) is 23.5 Å². The highest BCUT2D eigenvalue weighted by atomic mass is 32.1. The normalized spacial score (nSPS) is 14.2. The van der Waals surface area contributed by atoms with E-state index in [1.807, 2.05) is 26.2 Å². The molecule has 8 heteroatoms. The first-order valence-electron chi connectivity index (χ1n) is 11.1. The summed E-state index contributed by atoms with van der Waals surface area (Å²) in [6, 6.07) is 15.0. The van der Waals surface area contributed by atoms with E-state index in [9.17, 15) is 4.39 Å². The average molecular weight is 464 g/mol. The molecule has 0 saturated carbocycles. The number of hydrogen-bond donors (Lipinski definition) is 1. The van der Waals surface area contributed by atoms with Gasteiger partial charge in [0.2, 0.25) is 0 Å². The summed E-state index contributed by atoms with van der Waals surface area (Å²) in [5.74, 6) is 0.293. The monoisotopic (exact) mass is 463 g/mol. The van der Waals surface area contributed by atoms with Crippen LogP contribution in [0.3, 0.4) is 0 Å². The van der Waals surface area contributed by atoms with Crippen LogP contribution >= 0.6 is 11.3 Å². The Kier molecular flexibility index (Phi) is 6.00. The van der Waals surface area contributed by atoms with E-state index in [1.54, 1.807) is 17.4 Å². The van der Waals surface area contributed by atoms with Crippen molar-refractivity contribution in [3.63, 3.8) is 0 Å². The van der Waals surface area contributed by atoms with Crippen LogP contribution in [0.15, 0.2) is 60.9 Å². The van der Waals surface area contributed by atoms with Gasteiger partial charge in [-0.25, -0.2) is 9.37 Å². The van der Waals surface area contributed by atoms with Gasteiger partial charge in [-0.2, -0.15) is 0 Å². The number of fused-ring (bicyclic) bond motifs is 1. The molecule has 1 saturated heterocycles. The van der Waals surface area contributed by atoms with Gasteiger partial charge in [-0.3, -0.25) is 4.98 Å². The average Bonchev–Trinajstić information content (AvgIpc) is 3.23. The third-order valence-electron chi connectivity index (χ3n) is 5.59. The first kappa shape index (κ1) is 21.5. The first-order chi connectivity index (χ1) is 16.0. The van der Waals surface area contributed by atoms with Crippen LogP contribution in [-0.2, 0) is 0 Å².